The smallest absolute Gasteiger partial charge is 0.0541 e. The molecule has 0 bridgehead atoms. The number of aliphatic hydroxyl groups excluding tert-OH is 2. The van der Waals surface area contributed by atoms with Gasteiger partial charge in [-0.2, -0.15) is 0 Å². The van der Waals surface area contributed by atoms with Gasteiger partial charge in [0.15, 0.2) is 0 Å². The number of rotatable bonds is 24. The summed E-state index contributed by atoms with van der Waals surface area (Å²) < 4.78 is 5.87. The third-order valence-electron chi connectivity index (χ3n) is 11.6. The van der Waals surface area contributed by atoms with Gasteiger partial charge >= 0.3 is 0 Å². The van der Waals surface area contributed by atoms with Crippen LogP contribution in [0.3, 0.4) is 0 Å². The predicted molar refractivity (Wildman–Crippen MR) is 249 cm³/mol. The second kappa shape index (κ2) is 22.8. The molecule has 0 aliphatic rings. The van der Waals surface area contributed by atoms with Gasteiger partial charge in [0.2, 0.25) is 0 Å². The van der Waals surface area contributed by atoms with Crippen LogP contribution in [0.15, 0.2) is 158 Å². The molecule has 2 N–H and O–H groups in total. The number of aryl methyl sites for hydroxylation is 2. The van der Waals surface area contributed by atoms with Gasteiger partial charge in [-0.3, -0.25) is 0 Å². The number of aliphatic hydroxyl groups is 2. The fraction of sp³-hybridized carbons (Fsp3) is 0.333. The summed E-state index contributed by atoms with van der Waals surface area (Å²) in [5.74, 6) is 0. The zero-order valence-electron chi connectivity index (χ0n) is 35.3. The van der Waals surface area contributed by atoms with Gasteiger partial charge in [0.05, 0.1) is 13.2 Å². The molecule has 0 radical (unpaired) electrons. The molecule has 0 fully saturated rings. The van der Waals surface area contributed by atoms with Crippen molar-refractivity contribution < 1.29 is 14.9 Å². The molecule has 0 spiro atoms. The van der Waals surface area contributed by atoms with Gasteiger partial charge in [0, 0.05) is 52.8 Å². The summed E-state index contributed by atoms with van der Waals surface area (Å²) in [6.07, 6.45) is 11.9. The van der Waals surface area contributed by atoms with Gasteiger partial charge < -0.3 is 24.7 Å². The highest BCUT2D eigenvalue weighted by molar-refractivity contribution is 5.80. The van der Waals surface area contributed by atoms with Crippen molar-refractivity contribution in [2.45, 2.75) is 84.5 Å². The Balaban J connectivity index is 1.10. The number of hydrogen-bond donors (Lipinski definition) is 2. The third kappa shape index (κ3) is 12.6. The molecule has 0 saturated carbocycles. The minimum absolute atomic E-state index is 0.122. The molecule has 0 aliphatic heterocycles. The lowest BCUT2D eigenvalue weighted by atomic mass is 9.90. The number of benzene rings is 6. The molecule has 0 saturated heterocycles. The van der Waals surface area contributed by atoms with Crippen LogP contribution >= 0.6 is 0 Å². The van der Waals surface area contributed by atoms with Crippen LogP contribution in [0.25, 0.3) is 11.1 Å². The summed E-state index contributed by atoms with van der Waals surface area (Å²) in [6.45, 7) is 6.05. The van der Waals surface area contributed by atoms with E-state index in [0.717, 1.165) is 98.5 Å². The first-order chi connectivity index (χ1) is 29.0. The van der Waals surface area contributed by atoms with E-state index in [2.05, 4.69) is 181 Å². The average molecular weight is 789 g/mol. The molecule has 59 heavy (non-hydrogen) atoms. The molecule has 0 amide bonds. The van der Waals surface area contributed by atoms with E-state index in [9.17, 15) is 5.11 Å². The lowest BCUT2D eigenvalue weighted by Crippen LogP contribution is -2.26. The van der Waals surface area contributed by atoms with Crippen LogP contribution in [0.1, 0.15) is 82.8 Å². The van der Waals surface area contributed by atoms with Crippen molar-refractivity contribution in [3.8, 4) is 11.1 Å². The van der Waals surface area contributed by atoms with E-state index in [0.29, 0.717) is 6.61 Å². The average Bonchev–Trinajstić information content (AvgIpc) is 3.29. The van der Waals surface area contributed by atoms with Crippen molar-refractivity contribution in [3.63, 3.8) is 0 Å². The molecule has 1 unspecified atom stereocenters. The summed E-state index contributed by atoms with van der Waals surface area (Å²) >= 11 is 0. The highest BCUT2D eigenvalue weighted by Gasteiger charge is 2.21. The van der Waals surface area contributed by atoms with Gasteiger partial charge in [0.1, 0.15) is 0 Å². The number of hydrogen-bond acceptors (Lipinski definition) is 5. The van der Waals surface area contributed by atoms with Crippen molar-refractivity contribution in [3.05, 3.63) is 169 Å². The quantitative estimate of drug-likeness (QED) is 0.0598. The van der Waals surface area contributed by atoms with Crippen LogP contribution in [-0.4, -0.2) is 36.6 Å². The Morgan fingerprint density at radius 3 is 1.20 bits per heavy atom. The van der Waals surface area contributed by atoms with Gasteiger partial charge in [-0.15, -0.1) is 0 Å². The SMILES string of the molecule is CCC(C)(CO)COCCCCCCc1ccc(N(c2ccccc2)c2ccc(-c3ccc(N(c4ccccc4)c4ccc(CCCCCCO)cc4)cc3)cc2)cc1. The fourth-order valence-electron chi connectivity index (χ4n) is 7.54. The van der Waals surface area contributed by atoms with E-state index in [1.165, 1.54) is 35.1 Å². The molecule has 0 heterocycles. The monoisotopic (exact) mass is 788 g/mol. The van der Waals surface area contributed by atoms with Crippen LogP contribution < -0.4 is 9.80 Å². The van der Waals surface area contributed by atoms with Crippen molar-refractivity contribution in [2.75, 3.05) is 36.2 Å². The Morgan fingerprint density at radius 1 is 0.441 bits per heavy atom. The van der Waals surface area contributed by atoms with Crippen LogP contribution in [0, 0.1) is 5.41 Å². The summed E-state index contributed by atoms with van der Waals surface area (Å²) in [7, 11) is 0. The van der Waals surface area contributed by atoms with Crippen LogP contribution in [0.2, 0.25) is 0 Å². The maximum atomic E-state index is 9.59. The molecule has 1 atom stereocenters. The lowest BCUT2D eigenvalue weighted by molar-refractivity contribution is 0.0137. The van der Waals surface area contributed by atoms with Crippen LogP contribution in [-0.2, 0) is 17.6 Å². The first-order valence-corrected chi connectivity index (χ1v) is 21.9. The molecule has 5 heteroatoms. The summed E-state index contributed by atoms with van der Waals surface area (Å²) in [5, 5.41) is 18.7. The minimum Gasteiger partial charge on any atom is -0.396 e. The predicted octanol–water partition coefficient (Wildman–Crippen LogP) is 13.9. The zero-order valence-corrected chi connectivity index (χ0v) is 35.3. The number of para-hydroxylation sites is 2. The Bertz CT molecular complexity index is 2040. The second-order valence-electron chi connectivity index (χ2n) is 16.2. The summed E-state index contributed by atoms with van der Waals surface area (Å²) in [4.78, 5) is 4.65. The van der Waals surface area contributed by atoms with Crippen molar-refractivity contribution in [2.24, 2.45) is 5.41 Å². The molecule has 0 aromatic heterocycles. The fourth-order valence-corrected chi connectivity index (χ4v) is 7.54. The van der Waals surface area contributed by atoms with Gasteiger partial charge in [-0.25, -0.2) is 0 Å². The van der Waals surface area contributed by atoms with E-state index in [-0.39, 0.29) is 18.6 Å². The molecule has 6 aromatic rings. The maximum Gasteiger partial charge on any atom is 0.0541 e. The number of ether oxygens (including phenoxy) is 1. The molecule has 6 rings (SSSR count). The third-order valence-corrected chi connectivity index (χ3v) is 11.6. The lowest BCUT2D eigenvalue weighted by Gasteiger charge is -2.26. The largest absolute Gasteiger partial charge is 0.396 e. The van der Waals surface area contributed by atoms with Gasteiger partial charge in [0.25, 0.3) is 0 Å². The van der Waals surface area contributed by atoms with E-state index in [1.807, 2.05) is 0 Å². The Labute approximate surface area is 354 Å². The van der Waals surface area contributed by atoms with Crippen molar-refractivity contribution in [1.29, 1.82) is 0 Å². The van der Waals surface area contributed by atoms with Crippen LogP contribution in [0.5, 0.6) is 0 Å². The normalized spacial score (nSPS) is 12.3. The molecule has 308 valence electrons. The molecule has 5 nitrogen and oxygen atoms in total. The van der Waals surface area contributed by atoms with Gasteiger partial charge in [-0.05, 0) is 140 Å². The summed E-state index contributed by atoms with van der Waals surface area (Å²) in [5.41, 5.74) is 11.7. The topological polar surface area (TPSA) is 56.2 Å². The molecular formula is C54H64N2O3. The summed E-state index contributed by atoms with van der Waals surface area (Å²) in [6, 6.07) is 57.0. The highest BCUT2D eigenvalue weighted by Crippen LogP contribution is 2.38. The Kier molecular flexibility index (Phi) is 16.8. The van der Waals surface area contributed by atoms with E-state index in [4.69, 9.17) is 9.84 Å². The molecular weight excluding hydrogens is 725 g/mol. The Morgan fingerprint density at radius 2 is 0.814 bits per heavy atom. The van der Waals surface area contributed by atoms with E-state index < -0.39 is 0 Å². The van der Waals surface area contributed by atoms with E-state index >= 15 is 0 Å². The number of unbranched alkanes of at least 4 members (excludes halogenated alkanes) is 6. The zero-order chi connectivity index (χ0) is 41.1. The standard InChI is InChI=1S/C54H64N2O3/c1-3-54(2,42-58)43-59-41-17-7-5-11-19-45-26-34-51(35-27-45)56(49-22-14-9-15-23-49)53-38-30-47(31-39-53)46-28-36-52(37-29-46)55(48-20-12-8-13-21-48)50-32-24-44(25-33-50)18-10-4-6-16-40-57/h8-9,12-15,20-39,57-58H,3-7,10-11,16-19,40-43H2,1-2H3. The number of anilines is 6. The first-order valence-electron chi connectivity index (χ1n) is 21.9. The van der Waals surface area contributed by atoms with Crippen LogP contribution in [0.4, 0.5) is 34.1 Å². The molecule has 0 aliphatic carbocycles. The van der Waals surface area contributed by atoms with Gasteiger partial charge in [-0.1, -0.05) is 124 Å². The Hall–Kier alpha value is -5.20. The van der Waals surface area contributed by atoms with E-state index in [1.54, 1.807) is 0 Å². The second-order valence-corrected chi connectivity index (χ2v) is 16.2. The van der Waals surface area contributed by atoms with Crippen molar-refractivity contribution >= 4 is 34.1 Å². The first kappa shape index (κ1) is 43.4. The minimum atomic E-state index is -0.122. The van der Waals surface area contributed by atoms with Crippen molar-refractivity contribution in [1.82, 2.24) is 0 Å². The number of nitrogens with zero attached hydrogens (tertiary/aromatic N) is 2. The highest BCUT2D eigenvalue weighted by atomic mass is 16.5. The maximum absolute atomic E-state index is 9.59. The molecule has 6 aromatic carbocycles.